The van der Waals surface area contributed by atoms with E-state index < -0.39 is 0 Å². The molecule has 2 aliphatic heterocycles. The van der Waals surface area contributed by atoms with Crippen LogP contribution < -0.4 is 16.2 Å². The second-order valence-corrected chi connectivity index (χ2v) is 8.69. The van der Waals surface area contributed by atoms with E-state index >= 15 is 0 Å². The lowest BCUT2D eigenvalue weighted by atomic mass is 9.84. The van der Waals surface area contributed by atoms with Gasteiger partial charge in [-0.3, -0.25) is 10.2 Å². The van der Waals surface area contributed by atoms with Crippen LogP contribution in [-0.4, -0.2) is 23.4 Å². The summed E-state index contributed by atoms with van der Waals surface area (Å²) in [6.45, 7) is 0. The number of carbonyl (C=O) groups is 1. The van der Waals surface area contributed by atoms with Gasteiger partial charge in [-0.25, -0.2) is 5.43 Å². The molecule has 3 atom stereocenters. The summed E-state index contributed by atoms with van der Waals surface area (Å²) in [4.78, 5) is 13.8. The van der Waals surface area contributed by atoms with Gasteiger partial charge in [-0.2, -0.15) is 0 Å². The van der Waals surface area contributed by atoms with Crippen LogP contribution in [0.4, 0.5) is 0 Å². The second kappa shape index (κ2) is 7.46. The van der Waals surface area contributed by atoms with Crippen LogP contribution in [0.5, 0.6) is 0 Å². The van der Waals surface area contributed by atoms with Crippen LogP contribution in [0.1, 0.15) is 50.5 Å². The van der Waals surface area contributed by atoms with Crippen molar-refractivity contribution in [1.82, 2.24) is 16.2 Å². The number of nitrogens with one attached hydrogen (secondary N) is 3. The number of hydrogen-bond donors (Lipinski definition) is 3. The second-order valence-electron chi connectivity index (χ2n) is 7.44. The zero-order valence-electron chi connectivity index (χ0n) is 14.1. The van der Waals surface area contributed by atoms with E-state index in [9.17, 15) is 4.79 Å². The first-order valence-corrected chi connectivity index (χ1v) is 10.2. The van der Waals surface area contributed by atoms with E-state index in [4.69, 9.17) is 0 Å². The van der Waals surface area contributed by atoms with Crippen molar-refractivity contribution >= 4 is 17.7 Å². The molecule has 2 fully saturated rings. The first kappa shape index (κ1) is 16.4. The molecule has 4 rings (SSSR count). The lowest BCUT2D eigenvalue weighted by Gasteiger charge is -2.24. The maximum atomic E-state index is 12.6. The molecular weight excluding hydrogens is 318 g/mol. The summed E-state index contributed by atoms with van der Waals surface area (Å²) in [5.74, 6) is 1.03. The van der Waals surface area contributed by atoms with Crippen molar-refractivity contribution in [2.75, 3.05) is 0 Å². The lowest BCUT2D eigenvalue weighted by Crippen LogP contribution is -2.47. The fraction of sp³-hybridized carbons (Fsp3) is 0.632. The highest BCUT2D eigenvalue weighted by Gasteiger charge is 2.32. The van der Waals surface area contributed by atoms with Crippen molar-refractivity contribution in [3.05, 3.63) is 29.8 Å². The summed E-state index contributed by atoms with van der Waals surface area (Å²) in [5, 5.41) is 3.20. The number of fused-ring (bicyclic) bond motifs is 1. The molecule has 24 heavy (non-hydrogen) atoms. The van der Waals surface area contributed by atoms with Crippen molar-refractivity contribution < 1.29 is 4.79 Å². The molecule has 3 unspecified atom stereocenters. The first-order valence-electron chi connectivity index (χ1n) is 9.34. The Morgan fingerprint density at radius 2 is 2.00 bits per heavy atom. The van der Waals surface area contributed by atoms with E-state index in [0.29, 0.717) is 6.04 Å². The van der Waals surface area contributed by atoms with E-state index in [1.54, 1.807) is 11.8 Å². The maximum absolute atomic E-state index is 12.6. The van der Waals surface area contributed by atoms with Crippen LogP contribution in [0, 0.1) is 5.92 Å². The molecule has 3 aliphatic rings. The van der Waals surface area contributed by atoms with Gasteiger partial charge < -0.3 is 5.32 Å². The van der Waals surface area contributed by atoms with Crippen molar-refractivity contribution in [3.8, 4) is 0 Å². The van der Waals surface area contributed by atoms with Gasteiger partial charge in [-0.1, -0.05) is 50.3 Å². The van der Waals surface area contributed by atoms with Crippen molar-refractivity contribution in [2.45, 2.75) is 73.7 Å². The number of hydrazine groups is 1. The van der Waals surface area contributed by atoms with E-state index in [1.165, 1.54) is 49.0 Å². The van der Waals surface area contributed by atoms with Gasteiger partial charge in [-0.15, -0.1) is 11.8 Å². The Bertz CT molecular complexity index is 563. The number of benzene rings is 1. The number of amides is 1. The van der Waals surface area contributed by atoms with Gasteiger partial charge in [0.25, 0.3) is 0 Å². The Hall–Kier alpha value is -1.04. The highest BCUT2D eigenvalue weighted by Crippen LogP contribution is 2.37. The molecule has 130 valence electrons. The van der Waals surface area contributed by atoms with Gasteiger partial charge >= 0.3 is 0 Å². The number of rotatable bonds is 4. The standard InChI is InChI=1S/C19H27N3OS/c23-19(17-11-14-8-4-5-9-16(14)24-17)20-18-12-15(21-22-18)10-13-6-2-1-3-7-13/h4-5,8-9,13,15,17-18,21-22H,1-3,6-7,10-12H2,(H,20,23). The Kier molecular flexibility index (Phi) is 5.11. The predicted octanol–water partition coefficient (Wildman–Crippen LogP) is 2.98. The molecule has 1 amide bonds. The third-order valence-corrected chi connectivity index (χ3v) is 6.90. The topological polar surface area (TPSA) is 53.2 Å². The van der Waals surface area contributed by atoms with Gasteiger partial charge in [0.1, 0.15) is 0 Å². The minimum absolute atomic E-state index is 0.0154. The molecule has 0 aromatic heterocycles. The third kappa shape index (κ3) is 3.79. The Morgan fingerprint density at radius 1 is 1.17 bits per heavy atom. The number of hydrogen-bond acceptors (Lipinski definition) is 4. The van der Waals surface area contributed by atoms with E-state index in [1.807, 2.05) is 6.07 Å². The minimum Gasteiger partial charge on any atom is -0.339 e. The first-order chi connectivity index (χ1) is 11.8. The summed E-state index contributed by atoms with van der Waals surface area (Å²) in [6, 6.07) is 8.84. The normalized spacial score (nSPS) is 30.2. The third-order valence-electron chi connectivity index (χ3n) is 5.58. The molecule has 1 saturated carbocycles. The molecule has 0 bridgehead atoms. The van der Waals surface area contributed by atoms with Gasteiger partial charge in [0, 0.05) is 10.9 Å². The van der Waals surface area contributed by atoms with Crippen LogP contribution in [0.3, 0.4) is 0 Å². The average Bonchev–Trinajstić information content (AvgIpc) is 3.22. The van der Waals surface area contributed by atoms with Crippen molar-refractivity contribution in [1.29, 1.82) is 0 Å². The van der Waals surface area contributed by atoms with Gasteiger partial charge in [0.2, 0.25) is 5.91 Å². The van der Waals surface area contributed by atoms with Crippen LogP contribution >= 0.6 is 11.8 Å². The van der Waals surface area contributed by atoms with Crippen LogP contribution in [-0.2, 0) is 11.2 Å². The van der Waals surface area contributed by atoms with E-state index in [-0.39, 0.29) is 17.3 Å². The molecule has 4 nitrogen and oxygen atoms in total. The molecule has 1 aliphatic carbocycles. The monoisotopic (exact) mass is 345 g/mol. The number of thioether (sulfide) groups is 1. The molecule has 2 heterocycles. The summed E-state index contributed by atoms with van der Waals surface area (Å²) in [6.07, 6.45) is 10.1. The minimum atomic E-state index is 0.0154. The quantitative estimate of drug-likeness (QED) is 0.785. The molecule has 5 heteroatoms. The fourth-order valence-electron chi connectivity index (χ4n) is 4.29. The van der Waals surface area contributed by atoms with Crippen LogP contribution in [0.2, 0.25) is 0 Å². The molecule has 0 radical (unpaired) electrons. The molecule has 1 saturated heterocycles. The van der Waals surface area contributed by atoms with Gasteiger partial charge in [0.05, 0.1) is 11.4 Å². The van der Waals surface area contributed by atoms with Crippen molar-refractivity contribution in [3.63, 3.8) is 0 Å². The Morgan fingerprint density at radius 3 is 2.83 bits per heavy atom. The lowest BCUT2D eigenvalue weighted by molar-refractivity contribution is -0.121. The molecule has 0 spiro atoms. The highest BCUT2D eigenvalue weighted by molar-refractivity contribution is 8.01. The molecule has 1 aromatic rings. The van der Waals surface area contributed by atoms with Crippen molar-refractivity contribution in [2.24, 2.45) is 5.92 Å². The predicted molar refractivity (Wildman–Crippen MR) is 97.6 cm³/mol. The average molecular weight is 346 g/mol. The zero-order chi connectivity index (χ0) is 16.4. The SMILES string of the molecule is O=C(NC1CC(CC2CCCCC2)NN1)C1Cc2ccccc2S1. The van der Waals surface area contributed by atoms with Crippen LogP contribution in [0.25, 0.3) is 0 Å². The fourth-order valence-corrected chi connectivity index (χ4v) is 5.49. The zero-order valence-corrected chi connectivity index (χ0v) is 14.9. The summed E-state index contributed by atoms with van der Waals surface area (Å²) in [5.41, 5.74) is 7.98. The smallest absolute Gasteiger partial charge is 0.235 e. The van der Waals surface area contributed by atoms with Crippen LogP contribution in [0.15, 0.2) is 29.2 Å². The Labute approximate surface area is 148 Å². The molecule has 1 aromatic carbocycles. The van der Waals surface area contributed by atoms with Gasteiger partial charge in [0.15, 0.2) is 0 Å². The largest absolute Gasteiger partial charge is 0.339 e. The Balaban J connectivity index is 1.24. The maximum Gasteiger partial charge on any atom is 0.235 e. The highest BCUT2D eigenvalue weighted by atomic mass is 32.2. The van der Waals surface area contributed by atoms with E-state index in [2.05, 4.69) is 34.4 Å². The summed E-state index contributed by atoms with van der Waals surface area (Å²) < 4.78 is 0. The molecular formula is C19H27N3OS. The van der Waals surface area contributed by atoms with Gasteiger partial charge in [-0.05, 0) is 36.8 Å². The number of carbonyl (C=O) groups excluding carboxylic acids is 1. The molecule has 3 N–H and O–H groups in total. The summed E-state index contributed by atoms with van der Waals surface area (Å²) in [7, 11) is 0. The van der Waals surface area contributed by atoms with E-state index in [0.717, 1.165) is 18.8 Å². The summed E-state index contributed by atoms with van der Waals surface area (Å²) >= 11 is 1.70.